The number of phenols is 2. The van der Waals surface area contributed by atoms with Crippen molar-refractivity contribution in [2.45, 2.75) is 0 Å². The Morgan fingerprint density at radius 1 is 0.778 bits per heavy atom. The van der Waals surface area contributed by atoms with Crippen LogP contribution in [0.4, 0.5) is 0 Å². The fourth-order valence-electron chi connectivity index (χ4n) is 1.25. The van der Waals surface area contributed by atoms with Crippen LogP contribution < -0.4 is 9.05 Å². The minimum atomic E-state index is -2.54. The van der Waals surface area contributed by atoms with Crippen molar-refractivity contribution >= 4 is 8.25 Å². The first-order valence-corrected chi connectivity index (χ1v) is 6.15. The second-order valence-electron chi connectivity index (χ2n) is 3.34. The highest BCUT2D eigenvalue weighted by Crippen LogP contribution is 2.37. The van der Waals surface area contributed by atoms with Crippen molar-refractivity contribution in [2.75, 3.05) is 0 Å². The van der Waals surface area contributed by atoms with Crippen LogP contribution in [0.1, 0.15) is 0 Å². The summed E-state index contributed by atoms with van der Waals surface area (Å²) in [6, 6.07) is 12.2. The average molecular weight is 265 g/mol. The van der Waals surface area contributed by atoms with E-state index in [1.54, 1.807) is 24.3 Å². The molecule has 0 fully saturated rings. The number of hydrogen-bond donors (Lipinski definition) is 2. The van der Waals surface area contributed by atoms with E-state index in [1.807, 2.05) is 0 Å². The summed E-state index contributed by atoms with van der Waals surface area (Å²) in [6.45, 7) is 0. The van der Waals surface area contributed by atoms with Crippen LogP contribution in [0.25, 0.3) is 0 Å². The zero-order chi connectivity index (χ0) is 13.0. The molecular weight excluding hydrogens is 255 g/mol. The topological polar surface area (TPSA) is 76.0 Å². The molecule has 18 heavy (non-hydrogen) atoms. The zero-order valence-electron chi connectivity index (χ0n) is 9.19. The quantitative estimate of drug-likeness (QED) is 0.830. The second-order valence-corrected chi connectivity index (χ2v) is 4.15. The van der Waals surface area contributed by atoms with Crippen LogP contribution in [0.5, 0.6) is 23.0 Å². The molecule has 0 unspecified atom stereocenters. The van der Waals surface area contributed by atoms with E-state index in [1.165, 1.54) is 24.3 Å². The van der Waals surface area contributed by atoms with Gasteiger partial charge in [-0.05, 0) is 24.3 Å². The van der Waals surface area contributed by atoms with Crippen LogP contribution in [0.2, 0.25) is 0 Å². The number of aromatic hydroxyl groups is 2. The molecule has 0 aromatic heterocycles. The summed E-state index contributed by atoms with van der Waals surface area (Å²) >= 11 is 0. The van der Waals surface area contributed by atoms with Gasteiger partial charge < -0.3 is 10.2 Å². The number of phenolic OH excluding ortho intramolecular Hbond substituents is 2. The van der Waals surface area contributed by atoms with E-state index in [9.17, 15) is 14.8 Å². The summed E-state index contributed by atoms with van der Waals surface area (Å²) in [6.07, 6.45) is 0. The minimum Gasteiger partial charge on any atom is -0.504 e. The molecule has 0 amide bonds. The van der Waals surface area contributed by atoms with Gasteiger partial charge in [0, 0.05) is 4.57 Å². The molecule has 2 aromatic carbocycles. The van der Waals surface area contributed by atoms with Crippen molar-refractivity contribution < 1.29 is 23.8 Å². The summed E-state index contributed by atoms with van der Waals surface area (Å²) in [7, 11) is -2.54. The molecule has 0 aliphatic rings. The van der Waals surface area contributed by atoms with Crippen LogP contribution in [0.15, 0.2) is 48.5 Å². The first-order chi connectivity index (χ1) is 8.66. The van der Waals surface area contributed by atoms with Crippen LogP contribution in [0, 0.1) is 0 Å². The normalized spacial score (nSPS) is 9.78. The first-order valence-electron chi connectivity index (χ1n) is 5.06. The standard InChI is InChI=1S/C12H9O5P/c13-9-5-1-3-7-11(9)16-18(15)17-12-8-4-2-6-10(12)14/h1-8H,(H-,13,14)/p+1. The highest BCUT2D eigenvalue weighted by molar-refractivity contribution is 7.34. The van der Waals surface area contributed by atoms with Crippen LogP contribution >= 0.6 is 8.25 Å². The number of para-hydroxylation sites is 4. The summed E-state index contributed by atoms with van der Waals surface area (Å²) in [5.41, 5.74) is 0. The molecule has 0 heterocycles. The van der Waals surface area contributed by atoms with Crippen molar-refractivity contribution in [1.29, 1.82) is 0 Å². The number of hydrogen-bond acceptors (Lipinski definition) is 5. The molecule has 92 valence electrons. The highest BCUT2D eigenvalue weighted by Gasteiger charge is 2.27. The molecule has 0 aliphatic heterocycles. The molecule has 0 aliphatic carbocycles. The molecule has 0 radical (unpaired) electrons. The first kappa shape index (κ1) is 12.2. The summed E-state index contributed by atoms with van der Waals surface area (Å²) < 4.78 is 21.4. The molecule has 5 nitrogen and oxygen atoms in total. The van der Waals surface area contributed by atoms with E-state index in [-0.39, 0.29) is 23.0 Å². The molecule has 0 saturated carbocycles. The van der Waals surface area contributed by atoms with Crippen LogP contribution in [0.3, 0.4) is 0 Å². The van der Waals surface area contributed by atoms with Gasteiger partial charge in [-0.25, -0.2) is 9.05 Å². The van der Waals surface area contributed by atoms with Gasteiger partial charge in [-0.2, -0.15) is 0 Å². The van der Waals surface area contributed by atoms with Crippen molar-refractivity contribution in [1.82, 2.24) is 0 Å². The van der Waals surface area contributed by atoms with Crippen molar-refractivity contribution in [3.05, 3.63) is 48.5 Å². The van der Waals surface area contributed by atoms with E-state index in [0.29, 0.717) is 0 Å². The largest absolute Gasteiger partial charge is 0.805 e. The van der Waals surface area contributed by atoms with Crippen LogP contribution in [-0.2, 0) is 4.57 Å². The van der Waals surface area contributed by atoms with E-state index in [4.69, 9.17) is 9.05 Å². The molecule has 2 N–H and O–H groups in total. The summed E-state index contributed by atoms with van der Waals surface area (Å²) in [5.74, 6) is -0.175. The van der Waals surface area contributed by atoms with Crippen molar-refractivity contribution in [2.24, 2.45) is 0 Å². The Labute approximate surface area is 104 Å². The molecule has 0 bridgehead atoms. The minimum absolute atomic E-state index is 0.0500. The maximum atomic E-state index is 11.6. The maximum absolute atomic E-state index is 11.6. The lowest BCUT2D eigenvalue weighted by atomic mass is 10.3. The molecule has 2 rings (SSSR count). The Bertz CT molecular complexity index is 520. The number of benzene rings is 2. The lowest BCUT2D eigenvalue weighted by Gasteiger charge is -1.98. The van der Waals surface area contributed by atoms with Gasteiger partial charge in [0.2, 0.25) is 11.5 Å². The zero-order valence-corrected chi connectivity index (χ0v) is 10.1. The van der Waals surface area contributed by atoms with Gasteiger partial charge in [0.15, 0.2) is 11.5 Å². The third-order valence-corrected chi connectivity index (χ3v) is 2.77. The van der Waals surface area contributed by atoms with Gasteiger partial charge in [-0.1, -0.05) is 24.3 Å². The predicted molar refractivity (Wildman–Crippen MR) is 65.1 cm³/mol. The molecule has 2 aromatic rings. The molecule has 0 saturated heterocycles. The lowest BCUT2D eigenvalue weighted by Crippen LogP contribution is -1.89. The summed E-state index contributed by atoms with van der Waals surface area (Å²) in [5, 5.41) is 18.8. The Hall–Kier alpha value is -2.26. The Kier molecular flexibility index (Phi) is 3.65. The lowest BCUT2D eigenvalue weighted by molar-refractivity contribution is 0.380. The average Bonchev–Trinajstić information content (AvgIpc) is 2.35. The monoisotopic (exact) mass is 265 g/mol. The third-order valence-electron chi connectivity index (χ3n) is 2.08. The van der Waals surface area contributed by atoms with Gasteiger partial charge in [0.25, 0.3) is 0 Å². The SMILES string of the molecule is O=[P+](Oc1ccccc1O)Oc1ccccc1O. The van der Waals surface area contributed by atoms with Crippen LogP contribution in [-0.4, -0.2) is 10.2 Å². The van der Waals surface area contributed by atoms with Gasteiger partial charge >= 0.3 is 8.25 Å². The third kappa shape index (κ3) is 2.90. The molecule has 6 heteroatoms. The van der Waals surface area contributed by atoms with Gasteiger partial charge in [0.05, 0.1) is 0 Å². The molecular formula is C12H10O5P+. The van der Waals surface area contributed by atoms with Gasteiger partial charge in [-0.3, -0.25) is 0 Å². The Morgan fingerprint density at radius 2 is 1.17 bits per heavy atom. The van der Waals surface area contributed by atoms with Gasteiger partial charge in [0.1, 0.15) is 0 Å². The van der Waals surface area contributed by atoms with Crippen molar-refractivity contribution in [3.8, 4) is 23.0 Å². The van der Waals surface area contributed by atoms with E-state index < -0.39 is 8.25 Å². The Balaban J connectivity index is 2.06. The molecule has 0 atom stereocenters. The second kappa shape index (κ2) is 5.38. The van der Waals surface area contributed by atoms with E-state index >= 15 is 0 Å². The smallest absolute Gasteiger partial charge is 0.504 e. The summed E-state index contributed by atoms with van der Waals surface area (Å²) in [4.78, 5) is 0. The predicted octanol–water partition coefficient (Wildman–Crippen LogP) is 3.21. The highest BCUT2D eigenvalue weighted by atomic mass is 31.1. The van der Waals surface area contributed by atoms with E-state index in [2.05, 4.69) is 0 Å². The molecule has 0 spiro atoms. The van der Waals surface area contributed by atoms with Crippen molar-refractivity contribution in [3.63, 3.8) is 0 Å². The number of rotatable bonds is 4. The maximum Gasteiger partial charge on any atom is 0.805 e. The Morgan fingerprint density at radius 3 is 1.56 bits per heavy atom. The van der Waals surface area contributed by atoms with Gasteiger partial charge in [-0.15, -0.1) is 0 Å². The fraction of sp³-hybridized carbons (Fsp3) is 0. The van der Waals surface area contributed by atoms with E-state index in [0.717, 1.165) is 0 Å². The fourth-order valence-corrected chi connectivity index (χ4v) is 1.92.